The van der Waals surface area contributed by atoms with E-state index in [-0.39, 0.29) is 23.3 Å². The maximum atomic E-state index is 13.4. The average molecular weight is 415 g/mol. The molecule has 7 heteroatoms. The molecule has 0 unspecified atom stereocenters. The molecule has 0 aliphatic carbocycles. The standard InChI is InChI=1S/C22H22FNO4S/c1-15-18(12-13-28-16(2)25)14-22(24(15)20-8-6-19(23)7-9-20)17-4-10-21(11-5-17)29(3,26)27/h4-11,14H,12-13H2,1-3H3. The molecule has 3 rings (SSSR count). The Labute approximate surface area is 169 Å². The molecule has 1 aromatic heterocycles. The minimum absolute atomic E-state index is 0.243. The van der Waals surface area contributed by atoms with Crippen LogP contribution in [0, 0.1) is 12.7 Å². The maximum absolute atomic E-state index is 13.4. The Morgan fingerprint density at radius 2 is 1.69 bits per heavy atom. The number of ether oxygens (including phenoxy) is 1. The Morgan fingerprint density at radius 1 is 1.07 bits per heavy atom. The van der Waals surface area contributed by atoms with Gasteiger partial charge in [-0.25, -0.2) is 12.8 Å². The first-order chi connectivity index (χ1) is 13.7. The highest BCUT2D eigenvalue weighted by molar-refractivity contribution is 7.90. The lowest BCUT2D eigenvalue weighted by atomic mass is 10.1. The van der Waals surface area contributed by atoms with Gasteiger partial charge in [0.15, 0.2) is 9.84 Å². The Kier molecular flexibility index (Phi) is 5.88. The summed E-state index contributed by atoms with van der Waals surface area (Å²) in [6, 6.07) is 14.8. The first kappa shape index (κ1) is 20.8. The van der Waals surface area contributed by atoms with Crippen LogP contribution in [0.3, 0.4) is 0 Å². The summed E-state index contributed by atoms with van der Waals surface area (Å²) in [5.41, 5.74) is 4.36. The predicted octanol–water partition coefficient (Wildman–Crippen LogP) is 4.10. The molecule has 5 nitrogen and oxygen atoms in total. The second kappa shape index (κ2) is 8.21. The summed E-state index contributed by atoms with van der Waals surface area (Å²) in [5.74, 6) is -0.662. The molecule has 0 amide bonds. The number of carbonyl (C=O) groups is 1. The number of hydrogen-bond acceptors (Lipinski definition) is 4. The van der Waals surface area contributed by atoms with Crippen LogP contribution in [0.15, 0.2) is 59.5 Å². The van der Waals surface area contributed by atoms with Crippen molar-refractivity contribution in [3.63, 3.8) is 0 Å². The quantitative estimate of drug-likeness (QED) is 0.569. The summed E-state index contributed by atoms with van der Waals surface area (Å²) in [5, 5.41) is 0. The molecule has 1 heterocycles. The molecule has 152 valence electrons. The maximum Gasteiger partial charge on any atom is 0.302 e. The van der Waals surface area contributed by atoms with Gasteiger partial charge in [-0.15, -0.1) is 0 Å². The number of carbonyl (C=O) groups excluding carboxylic acids is 1. The lowest BCUT2D eigenvalue weighted by Crippen LogP contribution is -2.04. The summed E-state index contributed by atoms with van der Waals surface area (Å²) in [4.78, 5) is 11.3. The van der Waals surface area contributed by atoms with Crippen molar-refractivity contribution >= 4 is 15.8 Å². The van der Waals surface area contributed by atoms with Crippen LogP contribution in [0.4, 0.5) is 4.39 Å². The van der Waals surface area contributed by atoms with E-state index in [4.69, 9.17) is 4.74 Å². The van der Waals surface area contributed by atoms with Crippen LogP contribution in [0.25, 0.3) is 16.9 Å². The minimum Gasteiger partial charge on any atom is -0.466 e. The van der Waals surface area contributed by atoms with Gasteiger partial charge >= 0.3 is 5.97 Å². The third-order valence-electron chi connectivity index (χ3n) is 4.69. The van der Waals surface area contributed by atoms with Gasteiger partial charge in [-0.3, -0.25) is 4.79 Å². The fraction of sp³-hybridized carbons (Fsp3) is 0.227. The molecule has 0 aliphatic rings. The van der Waals surface area contributed by atoms with Crippen LogP contribution in [0.1, 0.15) is 18.2 Å². The molecular weight excluding hydrogens is 393 g/mol. The van der Waals surface area contributed by atoms with Crippen LogP contribution in [0.5, 0.6) is 0 Å². The molecule has 0 atom stereocenters. The third-order valence-corrected chi connectivity index (χ3v) is 5.82. The van der Waals surface area contributed by atoms with E-state index in [1.807, 2.05) is 17.6 Å². The second-order valence-corrected chi connectivity index (χ2v) is 8.85. The van der Waals surface area contributed by atoms with Gasteiger partial charge in [0.25, 0.3) is 0 Å². The second-order valence-electron chi connectivity index (χ2n) is 6.84. The van der Waals surface area contributed by atoms with E-state index in [0.717, 1.165) is 28.2 Å². The van der Waals surface area contributed by atoms with E-state index < -0.39 is 9.84 Å². The molecule has 0 fully saturated rings. The van der Waals surface area contributed by atoms with E-state index >= 15 is 0 Å². The van der Waals surface area contributed by atoms with Crippen LogP contribution in [-0.4, -0.2) is 31.8 Å². The summed E-state index contributed by atoms with van der Waals surface area (Å²) < 4.78 is 44.0. The molecule has 3 aromatic rings. The third kappa shape index (κ3) is 4.74. The van der Waals surface area contributed by atoms with E-state index in [9.17, 15) is 17.6 Å². The summed E-state index contributed by atoms with van der Waals surface area (Å²) in [7, 11) is -3.29. The lowest BCUT2D eigenvalue weighted by Gasteiger charge is -2.13. The fourth-order valence-electron chi connectivity index (χ4n) is 3.22. The van der Waals surface area contributed by atoms with Crippen molar-refractivity contribution in [3.05, 3.63) is 71.7 Å². The van der Waals surface area contributed by atoms with Crippen molar-refractivity contribution in [3.8, 4) is 16.9 Å². The first-order valence-electron chi connectivity index (χ1n) is 9.08. The molecule has 0 spiro atoms. The highest BCUT2D eigenvalue weighted by Gasteiger charge is 2.16. The minimum atomic E-state index is -3.29. The Hall–Kier alpha value is -2.93. The van der Waals surface area contributed by atoms with Crippen LogP contribution >= 0.6 is 0 Å². The molecular formula is C22H22FNO4S. The Bertz CT molecular complexity index is 1130. The predicted molar refractivity (Wildman–Crippen MR) is 109 cm³/mol. The van der Waals surface area contributed by atoms with Gasteiger partial charge in [-0.05, 0) is 60.5 Å². The zero-order chi connectivity index (χ0) is 21.2. The number of halogens is 1. The number of benzene rings is 2. The number of esters is 1. The first-order valence-corrected chi connectivity index (χ1v) is 11.0. The van der Waals surface area contributed by atoms with Crippen molar-refractivity contribution in [1.29, 1.82) is 0 Å². The monoisotopic (exact) mass is 415 g/mol. The number of hydrogen-bond donors (Lipinski definition) is 0. The van der Waals surface area contributed by atoms with Crippen molar-refractivity contribution in [2.75, 3.05) is 12.9 Å². The molecule has 2 aromatic carbocycles. The van der Waals surface area contributed by atoms with Gasteiger partial charge in [-0.2, -0.15) is 0 Å². The van der Waals surface area contributed by atoms with Crippen molar-refractivity contribution in [1.82, 2.24) is 4.57 Å². The zero-order valence-electron chi connectivity index (χ0n) is 16.5. The molecule has 29 heavy (non-hydrogen) atoms. The van der Waals surface area contributed by atoms with E-state index in [1.54, 1.807) is 36.4 Å². The van der Waals surface area contributed by atoms with Gasteiger partial charge in [0.05, 0.1) is 17.2 Å². The normalized spacial score (nSPS) is 11.4. The Balaban J connectivity index is 2.08. The topological polar surface area (TPSA) is 65.4 Å². The van der Waals surface area contributed by atoms with Crippen molar-refractivity contribution in [2.24, 2.45) is 0 Å². The zero-order valence-corrected chi connectivity index (χ0v) is 17.3. The fourth-order valence-corrected chi connectivity index (χ4v) is 3.85. The van der Waals surface area contributed by atoms with Crippen LogP contribution in [-0.2, 0) is 25.8 Å². The molecule has 0 aliphatic heterocycles. The lowest BCUT2D eigenvalue weighted by molar-refractivity contribution is -0.140. The largest absolute Gasteiger partial charge is 0.466 e. The van der Waals surface area contributed by atoms with Gasteiger partial charge in [-0.1, -0.05) is 12.1 Å². The van der Waals surface area contributed by atoms with Crippen LogP contribution < -0.4 is 0 Å². The van der Waals surface area contributed by atoms with E-state index in [1.165, 1.54) is 25.3 Å². The van der Waals surface area contributed by atoms with E-state index in [0.29, 0.717) is 6.42 Å². The number of rotatable bonds is 6. The van der Waals surface area contributed by atoms with Crippen molar-refractivity contribution < 1.29 is 22.3 Å². The summed E-state index contributed by atoms with van der Waals surface area (Å²) >= 11 is 0. The van der Waals surface area contributed by atoms with E-state index in [2.05, 4.69) is 0 Å². The summed E-state index contributed by atoms with van der Waals surface area (Å²) in [6.07, 6.45) is 1.70. The molecule has 0 N–H and O–H groups in total. The highest BCUT2D eigenvalue weighted by atomic mass is 32.2. The van der Waals surface area contributed by atoms with Gasteiger partial charge in [0, 0.05) is 31.0 Å². The average Bonchev–Trinajstić information content (AvgIpc) is 2.98. The summed E-state index contributed by atoms with van der Waals surface area (Å²) in [6.45, 7) is 3.57. The number of nitrogens with zero attached hydrogens (tertiary/aromatic N) is 1. The number of aromatic nitrogens is 1. The molecule has 0 saturated heterocycles. The van der Waals surface area contributed by atoms with Gasteiger partial charge in [0.1, 0.15) is 5.82 Å². The highest BCUT2D eigenvalue weighted by Crippen LogP contribution is 2.30. The van der Waals surface area contributed by atoms with Gasteiger partial charge in [0.2, 0.25) is 0 Å². The molecule has 0 bridgehead atoms. The number of sulfone groups is 1. The molecule has 0 radical (unpaired) electrons. The Morgan fingerprint density at radius 3 is 2.24 bits per heavy atom. The van der Waals surface area contributed by atoms with Crippen molar-refractivity contribution in [2.45, 2.75) is 25.2 Å². The SMILES string of the molecule is CC(=O)OCCc1cc(-c2ccc(S(C)(=O)=O)cc2)n(-c2ccc(F)cc2)c1C. The smallest absolute Gasteiger partial charge is 0.302 e. The van der Waals surface area contributed by atoms with Gasteiger partial charge < -0.3 is 9.30 Å². The molecule has 0 saturated carbocycles. The van der Waals surface area contributed by atoms with Crippen LogP contribution in [0.2, 0.25) is 0 Å².